The molecule has 0 radical (unpaired) electrons. The number of halogens is 4. The van der Waals surface area contributed by atoms with Crippen molar-refractivity contribution in [3.8, 4) is 0 Å². The van der Waals surface area contributed by atoms with Crippen LogP contribution in [0.2, 0.25) is 0 Å². The number of nitrogens with two attached hydrogens (primary N) is 1. The van der Waals surface area contributed by atoms with E-state index < -0.39 is 23.9 Å². The molecule has 102 valence electrons. The molecule has 6 heteroatoms. The topological polar surface area (TPSA) is 46.2 Å². The van der Waals surface area contributed by atoms with Gasteiger partial charge in [-0.2, -0.15) is 13.2 Å². The Balaban J connectivity index is 0.00000162. The van der Waals surface area contributed by atoms with Gasteiger partial charge in [-0.3, -0.25) is 0 Å². The molecule has 1 aliphatic rings. The minimum absolute atomic E-state index is 0. The number of aryl methyl sites for hydroxylation is 1. The highest BCUT2D eigenvalue weighted by Crippen LogP contribution is 2.34. The standard InChI is InChI=1S/C12H14F3NO.ClH/c13-12(14,15)8-4-5-9-7(6-8)2-1-3-10(16)11(9)17;/h4-6,10-11,17H,1-3,16H2;1H. The molecule has 2 atom stereocenters. The van der Waals surface area contributed by atoms with E-state index in [-0.39, 0.29) is 12.4 Å². The van der Waals surface area contributed by atoms with Gasteiger partial charge in [0.1, 0.15) is 0 Å². The van der Waals surface area contributed by atoms with Gasteiger partial charge in [0.15, 0.2) is 0 Å². The fourth-order valence-electron chi connectivity index (χ4n) is 2.20. The largest absolute Gasteiger partial charge is 0.416 e. The van der Waals surface area contributed by atoms with E-state index in [1.807, 2.05) is 0 Å². The van der Waals surface area contributed by atoms with E-state index in [2.05, 4.69) is 0 Å². The van der Waals surface area contributed by atoms with Crippen LogP contribution in [-0.2, 0) is 12.6 Å². The molecule has 0 spiro atoms. The van der Waals surface area contributed by atoms with Gasteiger partial charge in [-0.15, -0.1) is 12.4 Å². The highest BCUT2D eigenvalue weighted by Gasteiger charge is 2.32. The summed E-state index contributed by atoms with van der Waals surface area (Å²) < 4.78 is 37.6. The summed E-state index contributed by atoms with van der Waals surface area (Å²) in [5, 5.41) is 9.90. The van der Waals surface area contributed by atoms with E-state index >= 15 is 0 Å². The molecule has 0 amide bonds. The van der Waals surface area contributed by atoms with Crippen molar-refractivity contribution in [2.45, 2.75) is 37.6 Å². The molecule has 1 aliphatic carbocycles. The molecule has 2 unspecified atom stereocenters. The molecule has 1 aromatic rings. The summed E-state index contributed by atoms with van der Waals surface area (Å²) in [6, 6.07) is 3.07. The highest BCUT2D eigenvalue weighted by atomic mass is 35.5. The number of alkyl halides is 3. The third-order valence-electron chi connectivity index (χ3n) is 3.18. The summed E-state index contributed by atoms with van der Waals surface area (Å²) in [6.07, 6.45) is -3.35. The Morgan fingerprint density at radius 3 is 2.56 bits per heavy atom. The minimum Gasteiger partial charge on any atom is -0.387 e. The average molecular weight is 282 g/mol. The van der Waals surface area contributed by atoms with Gasteiger partial charge < -0.3 is 10.8 Å². The maximum Gasteiger partial charge on any atom is 0.416 e. The van der Waals surface area contributed by atoms with Crippen LogP contribution < -0.4 is 5.73 Å². The summed E-state index contributed by atoms with van der Waals surface area (Å²) in [6.45, 7) is 0. The second-order valence-electron chi connectivity index (χ2n) is 4.41. The van der Waals surface area contributed by atoms with Crippen LogP contribution in [-0.4, -0.2) is 11.1 Å². The lowest BCUT2D eigenvalue weighted by Gasteiger charge is -2.18. The quantitative estimate of drug-likeness (QED) is 0.718. The second-order valence-corrected chi connectivity index (χ2v) is 4.41. The average Bonchev–Trinajstić information content (AvgIpc) is 2.38. The smallest absolute Gasteiger partial charge is 0.387 e. The van der Waals surface area contributed by atoms with Crippen LogP contribution in [0.4, 0.5) is 13.2 Å². The predicted octanol–water partition coefficient (Wildman–Crippen LogP) is 2.82. The van der Waals surface area contributed by atoms with Crippen molar-refractivity contribution in [3.05, 3.63) is 34.9 Å². The first kappa shape index (κ1) is 15.3. The maximum absolute atomic E-state index is 12.5. The van der Waals surface area contributed by atoms with E-state index in [0.29, 0.717) is 30.4 Å². The maximum atomic E-state index is 12.5. The van der Waals surface area contributed by atoms with Crippen LogP contribution >= 0.6 is 12.4 Å². The van der Waals surface area contributed by atoms with Crippen molar-refractivity contribution in [1.82, 2.24) is 0 Å². The van der Waals surface area contributed by atoms with Crippen LogP contribution in [0.3, 0.4) is 0 Å². The van der Waals surface area contributed by atoms with Crippen molar-refractivity contribution in [1.29, 1.82) is 0 Å². The van der Waals surface area contributed by atoms with Crippen LogP contribution in [0.25, 0.3) is 0 Å². The van der Waals surface area contributed by atoms with Gasteiger partial charge in [0.2, 0.25) is 0 Å². The second kappa shape index (κ2) is 5.47. The fraction of sp³-hybridized carbons (Fsp3) is 0.500. The molecule has 0 bridgehead atoms. The summed E-state index contributed by atoms with van der Waals surface area (Å²) >= 11 is 0. The predicted molar refractivity (Wildman–Crippen MR) is 64.6 cm³/mol. The molecule has 2 rings (SSSR count). The van der Waals surface area contributed by atoms with E-state index in [9.17, 15) is 18.3 Å². The van der Waals surface area contributed by atoms with E-state index in [1.165, 1.54) is 6.07 Å². The van der Waals surface area contributed by atoms with Gasteiger partial charge >= 0.3 is 6.18 Å². The molecule has 18 heavy (non-hydrogen) atoms. The van der Waals surface area contributed by atoms with Crippen molar-refractivity contribution >= 4 is 12.4 Å². The van der Waals surface area contributed by atoms with E-state index in [1.54, 1.807) is 0 Å². The molecular weight excluding hydrogens is 267 g/mol. The molecule has 0 saturated heterocycles. The monoisotopic (exact) mass is 281 g/mol. The molecular formula is C12H15ClF3NO. The molecule has 0 saturated carbocycles. The molecule has 0 fully saturated rings. The van der Waals surface area contributed by atoms with Crippen LogP contribution in [0.1, 0.15) is 35.6 Å². The van der Waals surface area contributed by atoms with Gasteiger partial charge in [0.05, 0.1) is 11.7 Å². The number of hydrogen-bond acceptors (Lipinski definition) is 2. The van der Waals surface area contributed by atoms with E-state index in [4.69, 9.17) is 5.73 Å². The number of hydrogen-bond donors (Lipinski definition) is 2. The lowest BCUT2D eigenvalue weighted by Crippen LogP contribution is -2.27. The number of aliphatic hydroxyl groups excluding tert-OH is 1. The first-order chi connectivity index (χ1) is 7.89. The van der Waals surface area contributed by atoms with Crippen LogP contribution in [0, 0.1) is 0 Å². The summed E-state index contributed by atoms with van der Waals surface area (Å²) in [5.41, 5.74) is 6.16. The Bertz CT molecular complexity index is 422. The number of fused-ring (bicyclic) bond motifs is 1. The molecule has 2 nitrogen and oxygen atoms in total. The van der Waals surface area contributed by atoms with Gasteiger partial charge in [0.25, 0.3) is 0 Å². The van der Waals surface area contributed by atoms with Crippen LogP contribution in [0.5, 0.6) is 0 Å². The molecule has 3 N–H and O–H groups in total. The number of benzene rings is 1. The third-order valence-corrected chi connectivity index (χ3v) is 3.18. The Morgan fingerprint density at radius 2 is 1.94 bits per heavy atom. The van der Waals surface area contributed by atoms with Crippen molar-refractivity contribution in [2.24, 2.45) is 5.73 Å². The zero-order valence-corrected chi connectivity index (χ0v) is 10.4. The van der Waals surface area contributed by atoms with Gasteiger partial charge in [-0.1, -0.05) is 6.07 Å². The number of rotatable bonds is 0. The van der Waals surface area contributed by atoms with Gasteiger partial charge in [-0.25, -0.2) is 0 Å². The Hall–Kier alpha value is -0.780. The van der Waals surface area contributed by atoms with E-state index in [0.717, 1.165) is 12.1 Å². The normalized spacial score (nSPS) is 23.8. The first-order valence-electron chi connectivity index (χ1n) is 5.53. The Labute approximate surface area is 109 Å². The molecule has 1 aromatic carbocycles. The summed E-state index contributed by atoms with van der Waals surface area (Å²) in [4.78, 5) is 0. The third kappa shape index (κ3) is 2.96. The zero-order valence-electron chi connectivity index (χ0n) is 9.57. The van der Waals surface area contributed by atoms with Crippen molar-refractivity contribution in [3.63, 3.8) is 0 Å². The molecule has 0 aliphatic heterocycles. The highest BCUT2D eigenvalue weighted by molar-refractivity contribution is 5.85. The first-order valence-corrected chi connectivity index (χ1v) is 5.53. The lowest BCUT2D eigenvalue weighted by molar-refractivity contribution is -0.137. The Morgan fingerprint density at radius 1 is 1.28 bits per heavy atom. The SMILES string of the molecule is Cl.NC1CCCc2cc(C(F)(F)F)ccc2C1O. The van der Waals surface area contributed by atoms with Crippen molar-refractivity contribution in [2.75, 3.05) is 0 Å². The minimum atomic E-state index is -4.34. The zero-order chi connectivity index (χ0) is 12.6. The van der Waals surface area contributed by atoms with Crippen LogP contribution in [0.15, 0.2) is 18.2 Å². The molecule has 0 aromatic heterocycles. The number of aliphatic hydroxyl groups is 1. The summed E-state index contributed by atoms with van der Waals surface area (Å²) in [5.74, 6) is 0. The Kier molecular flexibility index (Phi) is 4.64. The van der Waals surface area contributed by atoms with Gasteiger partial charge in [-0.05, 0) is 42.5 Å². The fourth-order valence-corrected chi connectivity index (χ4v) is 2.20. The van der Waals surface area contributed by atoms with Crippen molar-refractivity contribution < 1.29 is 18.3 Å². The molecule has 0 heterocycles. The van der Waals surface area contributed by atoms with Gasteiger partial charge in [0, 0.05) is 6.04 Å². The lowest BCUT2D eigenvalue weighted by atomic mass is 9.97. The summed E-state index contributed by atoms with van der Waals surface area (Å²) in [7, 11) is 0.